The van der Waals surface area contributed by atoms with Crippen molar-refractivity contribution in [1.82, 2.24) is 25.1 Å². The molecule has 0 spiro atoms. The monoisotopic (exact) mass is 352 g/mol. The lowest BCUT2D eigenvalue weighted by Gasteiger charge is -2.40. The maximum atomic E-state index is 5.59. The van der Waals surface area contributed by atoms with E-state index in [1.807, 2.05) is 29.6 Å². The van der Waals surface area contributed by atoms with Crippen LogP contribution in [-0.4, -0.2) is 39.4 Å². The zero-order valence-electron chi connectivity index (χ0n) is 15.1. The fourth-order valence-electron chi connectivity index (χ4n) is 3.75. The van der Waals surface area contributed by atoms with Crippen molar-refractivity contribution >= 4 is 11.5 Å². The number of hydrogen-bond acceptors (Lipinski definition) is 6. The minimum Gasteiger partial charge on any atom is -0.465 e. The maximum absolute atomic E-state index is 5.59. The summed E-state index contributed by atoms with van der Waals surface area (Å²) >= 11 is 0. The van der Waals surface area contributed by atoms with Crippen molar-refractivity contribution in [3.8, 4) is 0 Å². The number of nitrogens with one attached hydrogen (secondary N) is 1. The smallest absolute Gasteiger partial charge is 0.178 e. The van der Waals surface area contributed by atoms with Crippen molar-refractivity contribution in [3.05, 3.63) is 41.6 Å². The van der Waals surface area contributed by atoms with Crippen LogP contribution in [0.1, 0.15) is 42.5 Å². The molecule has 3 aromatic heterocycles. The van der Waals surface area contributed by atoms with E-state index in [0.717, 1.165) is 55.0 Å². The molecule has 5 rings (SSSR count). The summed E-state index contributed by atoms with van der Waals surface area (Å²) in [6.07, 6.45) is 3.70. The third-order valence-corrected chi connectivity index (χ3v) is 5.55. The summed E-state index contributed by atoms with van der Waals surface area (Å²) in [5.41, 5.74) is 0.850. The van der Waals surface area contributed by atoms with E-state index in [1.165, 1.54) is 19.3 Å². The van der Waals surface area contributed by atoms with Gasteiger partial charge in [0.2, 0.25) is 0 Å². The Morgan fingerprint density at radius 3 is 2.77 bits per heavy atom. The molecule has 1 saturated heterocycles. The van der Waals surface area contributed by atoms with Crippen LogP contribution in [0, 0.1) is 12.8 Å². The second kappa shape index (κ2) is 6.39. The van der Waals surface area contributed by atoms with Crippen LogP contribution in [0.5, 0.6) is 0 Å². The van der Waals surface area contributed by atoms with Gasteiger partial charge in [0.1, 0.15) is 17.3 Å². The summed E-state index contributed by atoms with van der Waals surface area (Å²) in [6.45, 7) is 5.83. The predicted molar refractivity (Wildman–Crippen MR) is 98.2 cm³/mol. The third-order valence-electron chi connectivity index (χ3n) is 5.55. The first-order valence-electron chi connectivity index (χ1n) is 9.49. The highest BCUT2D eigenvalue weighted by Gasteiger charge is 2.29. The Hall–Kier alpha value is -2.41. The molecule has 3 aromatic rings. The molecule has 7 nitrogen and oxygen atoms in total. The number of nitrogens with zero attached hydrogens (tertiary/aromatic N) is 5. The molecular formula is C19H24N6O. The molecule has 2 fully saturated rings. The molecule has 0 unspecified atom stereocenters. The second-order valence-electron chi connectivity index (χ2n) is 7.56. The molecule has 0 aromatic carbocycles. The molecule has 136 valence electrons. The van der Waals surface area contributed by atoms with Crippen molar-refractivity contribution in [2.45, 2.75) is 38.6 Å². The van der Waals surface area contributed by atoms with Crippen LogP contribution in [-0.2, 0) is 6.54 Å². The first-order chi connectivity index (χ1) is 12.8. The van der Waals surface area contributed by atoms with Gasteiger partial charge in [-0.3, -0.25) is 0 Å². The minimum absolute atomic E-state index is 0.534. The van der Waals surface area contributed by atoms with E-state index in [9.17, 15) is 0 Å². The standard InChI is InChI=1S/C19H24N6O/c1-13-5-6-16(26-13)10-20-9-14-11-24(12-14)18-8-7-17-21-22-19(25(17)23-18)15-3-2-4-15/h5-8,14-15,20H,2-4,9-12H2,1H3. The number of aromatic nitrogens is 4. The van der Waals surface area contributed by atoms with E-state index in [1.54, 1.807) is 0 Å². The number of fused-ring (bicyclic) bond motifs is 1. The Bertz CT molecular complexity index is 906. The van der Waals surface area contributed by atoms with Crippen LogP contribution in [0.3, 0.4) is 0 Å². The fraction of sp³-hybridized carbons (Fsp3) is 0.526. The second-order valence-corrected chi connectivity index (χ2v) is 7.56. The van der Waals surface area contributed by atoms with Gasteiger partial charge < -0.3 is 14.6 Å². The van der Waals surface area contributed by atoms with Gasteiger partial charge in [-0.15, -0.1) is 15.3 Å². The molecule has 26 heavy (non-hydrogen) atoms. The number of anilines is 1. The molecule has 0 radical (unpaired) electrons. The molecule has 0 bridgehead atoms. The molecular weight excluding hydrogens is 328 g/mol. The van der Waals surface area contributed by atoms with Gasteiger partial charge in [0.15, 0.2) is 11.5 Å². The van der Waals surface area contributed by atoms with Crippen molar-refractivity contribution in [3.63, 3.8) is 0 Å². The van der Waals surface area contributed by atoms with E-state index in [-0.39, 0.29) is 0 Å². The highest BCUT2D eigenvalue weighted by Crippen LogP contribution is 2.35. The van der Waals surface area contributed by atoms with E-state index in [2.05, 4.69) is 26.5 Å². The average Bonchev–Trinajstić information content (AvgIpc) is 3.14. The lowest BCUT2D eigenvalue weighted by Crippen LogP contribution is -2.51. The fourth-order valence-corrected chi connectivity index (χ4v) is 3.75. The van der Waals surface area contributed by atoms with E-state index >= 15 is 0 Å². The zero-order chi connectivity index (χ0) is 17.5. The van der Waals surface area contributed by atoms with Gasteiger partial charge in [-0.2, -0.15) is 4.52 Å². The van der Waals surface area contributed by atoms with E-state index in [4.69, 9.17) is 9.52 Å². The SMILES string of the molecule is Cc1ccc(CNCC2CN(c3ccc4nnc(C5CCC5)n4n3)C2)o1. The van der Waals surface area contributed by atoms with Gasteiger partial charge in [-0.25, -0.2) is 0 Å². The van der Waals surface area contributed by atoms with Crippen LogP contribution in [0.2, 0.25) is 0 Å². The topological polar surface area (TPSA) is 71.5 Å². The van der Waals surface area contributed by atoms with Crippen LogP contribution in [0.25, 0.3) is 5.65 Å². The van der Waals surface area contributed by atoms with Gasteiger partial charge in [0.05, 0.1) is 6.54 Å². The Labute approximate surface area is 152 Å². The molecule has 0 atom stereocenters. The Morgan fingerprint density at radius 1 is 1.15 bits per heavy atom. The van der Waals surface area contributed by atoms with Crippen molar-refractivity contribution in [2.24, 2.45) is 5.92 Å². The summed E-state index contributed by atoms with van der Waals surface area (Å²) < 4.78 is 7.54. The van der Waals surface area contributed by atoms with Crippen molar-refractivity contribution in [2.75, 3.05) is 24.5 Å². The number of furan rings is 1. The highest BCUT2D eigenvalue weighted by molar-refractivity contribution is 5.47. The molecule has 1 aliphatic carbocycles. The largest absolute Gasteiger partial charge is 0.465 e. The van der Waals surface area contributed by atoms with Gasteiger partial charge in [-0.05, 0) is 44.0 Å². The summed E-state index contributed by atoms with van der Waals surface area (Å²) in [4.78, 5) is 2.33. The van der Waals surface area contributed by atoms with E-state index < -0.39 is 0 Å². The molecule has 1 saturated carbocycles. The van der Waals surface area contributed by atoms with Crippen LogP contribution in [0.15, 0.2) is 28.7 Å². The number of rotatable bonds is 6. The van der Waals surface area contributed by atoms with E-state index in [0.29, 0.717) is 11.8 Å². The van der Waals surface area contributed by atoms with Crippen LogP contribution in [0.4, 0.5) is 5.82 Å². The molecule has 0 amide bonds. The molecule has 1 aliphatic heterocycles. The number of aryl methyl sites for hydroxylation is 1. The zero-order valence-corrected chi connectivity index (χ0v) is 15.1. The normalized spacial score (nSPS) is 18.3. The predicted octanol–water partition coefficient (Wildman–Crippen LogP) is 2.52. The lowest BCUT2D eigenvalue weighted by molar-refractivity contribution is 0.368. The molecule has 4 heterocycles. The van der Waals surface area contributed by atoms with Crippen molar-refractivity contribution in [1.29, 1.82) is 0 Å². The van der Waals surface area contributed by atoms with Crippen molar-refractivity contribution < 1.29 is 4.42 Å². The lowest BCUT2D eigenvalue weighted by atomic mass is 9.85. The first kappa shape index (κ1) is 15.8. The van der Waals surface area contributed by atoms with Gasteiger partial charge >= 0.3 is 0 Å². The average molecular weight is 352 g/mol. The summed E-state index contributed by atoms with van der Waals surface area (Å²) in [7, 11) is 0. The van der Waals surface area contributed by atoms with Gasteiger partial charge in [0, 0.05) is 31.5 Å². The summed E-state index contributed by atoms with van der Waals surface area (Å²) in [5, 5.41) is 16.9. The summed E-state index contributed by atoms with van der Waals surface area (Å²) in [5.74, 6) is 5.20. The highest BCUT2D eigenvalue weighted by atomic mass is 16.3. The van der Waals surface area contributed by atoms with Crippen LogP contribution < -0.4 is 10.2 Å². The molecule has 1 N–H and O–H groups in total. The quantitative estimate of drug-likeness (QED) is 0.735. The van der Waals surface area contributed by atoms with Gasteiger partial charge in [0.25, 0.3) is 0 Å². The molecule has 2 aliphatic rings. The Morgan fingerprint density at radius 2 is 2.04 bits per heavy atom. The Kier molecular flexibility index (Phi) is 3.89. The minimum atomic E-state index is 0.534. The summed E-state index contributed by atoms with van der Waals surface area (Å²) in [6, 6.07) is 8.13. The number of hydrogen-bond donors (Lipinski definition) is 1. The Balaban J connectivity index is 1.18. The third kappa shape index (κ3) is 2.86. The van der Waals surface area contributed by atoms with Gasteiger partial charge in [-0.1, -0.05) is 6.42 Å². The van der Waals surface area contributed by atoms with Crippen LogP contribution >= 0.6 is 0 Å². The molecule has 7 heteroatoms. The first-order valence-corrected chi connectivity index (χ1v) is 9.49. The maximum Gasteiger partial charge on any atom is 0.178 e.